The zero-order valence-corrected chi connectivity index (χ0v) is 16.7. The first kappa shape index (κ1) is 18.6. The maximum Gasteiger partial charge on any atom is 0.272 e. The van der Waals surface area contributed by atoms with Crippen molar-refractivity contribution in [2.75, 3.05) is 18.4 Å². The molecule has 1 aromatic heterocycles. The van der Waals surface area contributed by atoms with Crippen LogP contribution in [-0.2, 0) is 6.54 Å². The number of nitrogens with one attached hydrogen (secondary N) is 2. The highest BCUT2D eigenvalue weighted by Crippen LogP contribution is 2.31. The summed E-state index contributed by atoms with van der Waals surface area (Å²) < 4.78 is 0. The average Bonchev–Trinajstić information content (AvgIpc) is 3.05. The van der Waals surface area contributed by atoms with E-state index in [4.69, 9.17) is 4.99 Å². The summed E-state index contributed by atoms with van der Waals surface area (Å²) in [5.74, 6) is 0.873. The molecule has 6 nitrogen and oxygen atoms in total. The van der Waals surface area contributed by atoms with Gasteiger partial charge < -0.3 is 10.2 Å². The molecule has 2 aromatic rings. The molecule has 1 fully saturated rings. The molecule has 0 radical (unpaired) electrons. The first-order valence-electron chi connectivity index (χ1n) is 9.77. The first-order valence-corrected chi connectivity index (χ1v) is 9.77. The second kappa shape index (κ2) is 7.02. The van der Waals surface area contributed by atoms with E-state index in [9.17, 15) is 4.79 Å². The molecule has 4 rings (SSSR count). The van der Waals surface area contributed by atoms with Crippen molar-refractivity contribution < 1.29 is 4.79 Å². The van der Waals surface area contributed by atoms with Crippen molar-refractivity contribution in [2.45, 2.75) is 44.8 Å². The fourth-order valence-corrected chi connectivity index (χ4v) is 3.83. The molecule has 0 saturated carbocycles. The summed E-state index contributed by atoms with van der Waals surface area (Å²) in [6.07, 6.45) is 2.47. The van der Waals surface area contributed by atoms with Gasteiger partial charge in [0.15, 0.2) is 0 Å². The summed E-state index contributed by atoms with van der Waals surface area (Å²) in [6, 6.07) is 13.7. The van der Waals surface area contributed by atoms with Crippen LogP contribution < -0.4 is 10.6 Å². The standard InChI is InChI=1S/C22H27N5O/c1-21(2,3)26-20-22(24-14-16-8-4-5-9-17(16)25-20)11-13-27(15-22)19(28)18-10-6-7-12-23-18/h4-10,12,24H,11,13-15H2,1-3H3,(H,25,26). The van der Waals surface area contributed by atoms with Gasteiger partial charge in [-0.15, -0.1) is 0 Å². The van der Waals surface area contributed by atoms with E-state index in [2.05, 4.69) is 48.5 Å². The minimum absolute atomic E-state index is 0.0313. The smallest absolute Gasteiger partial charge is 0.272 e. The number of aromatic nitrogens is 1. The second-order valence-corrected chi connectivity index (χ2v) is 8.54. The number of amidine groups is 1. The molecule has 1 aromatic carbocycles. The largest absolute Gasteiger partial charge is 0.342 e. The maximum atomic E-state index is 12.9. The van der Waals surface area contributed by atoms with Crippen LogP contribution in [0.15, 0.2) is 53.7 Å². The number of fused-ring (bicyclic) bond motifs is 1. The predicted molar refractivity (Wildman–Crippen MR) is 112 cm³/mol. The summed E-state index contributed by atoms with van der Waals surface area (Å²) in [4.78, 5) is 24.1. The van der Waals surface area contributed by atoms with Crippen molar-refractivity contribution in [3.05, 3.63) is 59.9 Å². The number of anilines is 1. The Bertz CT molecular complexity index is 903. The van der Waals surface area contributed by atoms with Gasteiger partial charge in [-0.2, -0.15) is 0 Å². The molecule has 1 amide bonds. The summed E-state index contributed by atoms with van der Waals surface area (Å²) in [6.45, 7) is 8.26. The molecule has 1 atom stereocenters. The van der Waals surface area contributed by atoms with E-state index in [1.165, 1.54) is 5.56 Å². The first-order chi connectivity index (χ1) is 13.4. The van der Waals surface area contributed by atoms with Gasteiger partial charge in [-0.3, -0.25) is 20.1 Å². The highest BCUT2D eigenvalue weighted by Gasteiger charge is 2.46. The molecule has 1 saturated heterocycles. The van der Waals surface area contributed by atoms with E-state index in [0.29, 0.717) is 18.8 Å². The number of amides is 1. The van der Waals surface area contributed by atoms with Crippen molar-refractivity contribution in [2.24, 2.45) is 4.99 Å². The number of carbonyl (C=O) groups is 1. The van der Waals surface area contributed by atoms with Crippen molar-refractivity contribution in [3.8, 4) is 0 Å². The molecule has 1 spiro atoms. The number of benzene rings is 1. The zero-order chi connectivity index (χ0) is 19.8. The van der Waals surface area contributed by atoms with E-state index >= 15 is 0 Å². The molecule has 28 heavy (non-hydrogen) atoms. The highest BCUT2D eigenvalue weighted by molar-refractivity contribution is 6.05. The highest BCUT2D eigenvalue weighted by atomic mass is 16.2. The molecule has 2 aliphatic rings. The second-order valence-electron chi connectivity index (χ2n) is 8.54. The van der Waals surface area contributed by atoms with Crippen LogP contribution in [0.1, 0.15) is 43.2 Å². The van der Waals surface area contributed by atoms with Gasteiger partial charge in [0.25, 0.3) is 5.91 Å². The molecule has 2 aliphatic heterocycles. The zero-order valence-electron chi connectivity index (χ0n) is 16.7. The molecule has 6 heteroatoms. The van der Waals surface area contributed by atoms with Gasteiger partial charge in [-0.1, -0.05) is 24.3 Å². The molecule has 146 valence electrons. The molecule has 1 unspecified atom stereocenters. The Hall–Kier alpha value is -2.73. The van der Waals surface area contributed by atoms with Crippen LogP contribution in [0.5, 0.6) is 0 Å². The van der Waals surface area contributed by atoms with Crippen molar-refractivity contribution in [3.63, 3.8) is 0 Å². The van der Waals surface area contributed by atoms with Gasteiger partial charge in [-0.25, -0.2) is 0 Å². The molecule has 3 heterocycles. The van der Waals surface area contributed by atoms with Crippen LogP contribution in [0.4, 0.5) is 5.69 Å². The molecular weight excluding hydrogens is 350 g/mol. The number of nitrogens with zero attached hydrogens (tertiary/aromatic N) is 3. The lowest BCUT2D eigenvalue weighted by Crippen LogP contribution is -2.56. The van der Waals surface area contributed by atoms with E-state index in [0.717, 1.165) is 24.5 Å². The summed E-state index contributed by atoms with van der Waals surface area (Å²) in [5, 5.41) is 7.30. The topological polar surface area (TPSA) is 69.6 Å². The summed E-state index contributed by atoms with van der Waals surface area (Å²) in [7, 11) is 0. The number of para-hydroxylation sites is 1. The quantitative estimate of drug-likeness (QED) is 0.801. The number of hydrogen-bond donors (Lipinski definition) is 2. The summed E-state index contributed by atoms with van der Waals surface area (Å²) in [5.41, 5.74) is 2.14. The lowest BCUT2D eigenvalue weighted by atomic mass is 9.95. The van der Waals surface area contributed by atoms with Crippen LogP contribution in [0.2, 0.25) is 0 Å². The number of likely N-dealkylation sites (tertiary alicyclic amines) is 1. The number of carbonyl (C=O) groups excluding carboxylic acids is 1. The molecular formula is C22H27N5O. The lowest BCUT2D eigenvalue weighted by Gasteiger charge is -2.32. The number of aliphatic imine (C=N–C) groups is 1. The minimum Gasteiger partial charge on any atom is -0.342 e. The van der Waals surface area contributed by atoms with Gasteiger partial charge in [0.2, 0.25) is 0 Å². The number of rotatable bonds is 1. The number of hydrogen-bond acceptors (Lipinski definition) is 4. The summed E-state index contributed by atoms with van der Waals surface area (Å²) >= 11 is 0. The fraction of sp³-hybridized carbons (Fsp3) is 0.409. The van der Waals surface area contributed by atoms with Crippen molar-refractivity contribution in [1.29, 1.82) is 0 Å². The van der Waals surface area contributed by atoms with E-state index in [-0.39, 0.29) is 11.4 Å². The lowest BCUT2D eigenvalue weighted by molar-refractivity contribution is 0.0780. The third-order valence-electron chi connectivity index (χ3n) is 5.23. The Kier molecular flexibility index (Phi) is 4.67. The Morgan fingerprint density at radius 1 is 1.18 bits per heavy atom. The maximum absolute atomic E-state index is 12.9. The third-order valence-corrected chi connectivity index (χ3v) is 5.23. The molecule has 0 aliphatic carbocycles. The van der Waals surface area contributed by atoms with Gasteiger partial charge in [0, 0.05) is 31.5 Å². The third kappa shape index (κ3) is 3.64. The van der Waals surface area contributed by atoms with Gasteiger partial charge in [0.05, 0.1) is 11.1 Å². The van der Waals surface area contributed by atoms with Crippen LogP contribution in [0, 0.1) is 0 Å². The Labute approximate surface area is 166 Å². The minimum atomic E-state index is -0.392. The van der Waals surface area contributed by atoms with Crippen LogP contribution in [0.25, 0.3) is 0 Å². The predicted octanol–water partition coefficient (Wildman–Crippen LogP) is 3.08. The van der Waals surface area contributed by atoms with Crippen LogP contribution in [0.3, 0.4) is 0 Å². The SMILES string of the molecule is CC(C)(C)N=C1Nc2ccccc2CNC12CCN(C(=O)c1ccccn1)C2. The van der Waals surface area contributed by atoms with E-state index in [1.807, 2.05) is 29.2 Å². The van der Waals surface area contributed by atoms with E-state index in [1.54, 1.807) is 12.3 Å². The van der Waals surface area contributed by atoms with Crippen molar-refractivity contribution in [1.82, 2.24) is 15.2 Å². The fourth-order valence-electron chi connectivity index (χ4n) is 3.83. The average molecular weight is 377 g/mol. The Morgan fingerprint density at radius 2 is 1.96 bits per heavy atom. The Balaban J connectivity index is 1.67. The van der Waals surface area contributed by atoms with Gasteiger partial charge >= 0.3 is 0 Å². The normalized spacial score (nSPS) is 23.4. The van der Waals surface area contributed by atoms with E-state index < -0.39 is 5.54 Å². The Morgan fingerprint density at radius 3 is 2.71 bits per heavy atom. The van der Waals surface area contributed by atoms with Crippen LogP contribution >= 0.6 is 0 Å². The van der Waals surface area contributed by atoms with Crippen molar-refractivity contribution >= 4 is 17.4 Å². The van der Waals surface area contributed by atoms with Gasteiger partial charge in [-0.05, 0) is 51.0 Å². The van der Waals surface area contributed by atoms with Crippen LogP contribution in [-0.4, -0.2) is 45.8 Å². The van der Waals surface area contributed by atoms with Gasteiger partial charge in [0.1, 0.15) is 11.5 Å². The monoisotopic (exact) mass is 377 g/mol. The molecule has 2 N–H and O–H groups in total. The molecule has 0 bridgehead atoms. The number of pyridine rings is 1.